The van der Waals surface area contributed by atoms with Gasteiger partial charge in [0.1, 0.15) is 0 Å². The molecule has 132 valence electrons. The van der Waals surface area contributed by atoms with E-state index in [4.69, 9.17) is 0 Å². The Balaban J connectivity index is 1.97. The fourth-order valence-electron chi connectivity index (χ4n) is 2.28. The molecule has 2 aromatic rings. The Morgan fingerprint density at radius 2 is 2.08 bits per heavy atom. The van der Waals surface area contributed by atoms with Crippen LogP contribution in [0.5, 0.6) is 0 Å². The van der Waals surface area contributed by atoms with Crippen LogP contribution in [-0.2, 0) is 11.3 Å². The molecule has 0 bridgehead atoms. The van der Waals surface area contributed by atoms with Gasteiger partial charge in [0.15, 0.2) is 0 Å². The summed E-state index contributed by atoms with van der Waals surface area (Å²) in [7, 11) is 0. The Hall–Kier alpha value is -2.74. The standard InChI is InChI=1S/C17H19N3O4S/c1-3-19(11-14-5-4-8-25-14)16(21)10-18-17(22)13-7-6-12(2)15(9-13)20(23)24/h4-9H,3,10-11H2,1-2H3,(H,18,22). The summed E-state index contributed by atoms with van der Waals surface area (Å²) in [5.41, 5.74) is 0.518. The number of aryl methyl sites for hydroxylation is 1. The number of nitrogens with one attached hydrogen (secondary N) is 1. The lowest BCUT2D eigenvalue weighted by molar-refractivity contribution is -0.385. The molecular weight excluding hydrogens is 342 g/mol. The van der Waals surface area contributed by atoms with Crippen molar-refractivity contribution in [3.05, 3.63) is 61.8 Å². The van der Waals surface area contributed by atoms with Gasteiger partial charge in [-0.15, -0.1) is 11.3 Å². The van der Waals surface area contributed by atoms with E-state index >= 15 is 0 Å². The van der Waals surface area contributed by atoms with Gasteiger partial charge < -0.3 is 10.2 Å². The number of carbonyl (C=O) groups is 2. The van der Waals surface area contributed by atoms with E-state index in [9.17, 15) is 19.7 Å². The van der Waals surface area contributed by atoms with Gasteiger partial charge in [-0.25, -0.2) is 0 Å². The summed E-state index contributed by atoms with van der Waals surface area (Å²) in [5, 5.41) is 15.4. The van der Waals surface area contributed by atoms with Gasteiger partial charge in [-0.05, 0) is 31.4 Å². The first kappa shape index (κ1) is 18.6. The number of benzene rings is 1. The van der Waals surface area contributed by atoms with Crippen molar-refractivity contribution in [1.29, 1.82) is 0 Å². The molecule has 0 radical (unpaired) electrons. The van der Waals surface area contributed by atoms with E-state index in [0.29, 0.717) is 18.7 Å². The molecule has 0 aliphatic rings. The molecule has 1 aromatic heterocycles. The Morgan fingerprint density at radius 3 is 2.68 bits per heavy atom. The SMILES string of the molecule is CCN(Cc1cccs1)C(=O)CNC(=O)c1ccc(C)c([N+](=O)[O-])c1. The summed E-state index contributed by atoms with van der Waals surface area (Å²) in [5.74, 6) is -0.713. The summed E-state index contributed by atoms with van der Waals surface area (Å²) < 4.78 is 0. The van der Waals surface area contributed by atoms with E-state index < -0.39 is 10.8 Å². The second-order valence-corrected chi connectivity index (χ2v) is 6.46. The highest BCUT2D eigenvalue weighted by Gasteiger charge is 2.17. The summed E-state index contributed by atoms with van der Waals surface area (Å²) in [6.07, 6.45) is 0. The number of thiophene rings is 1. The van der Waals surface area contributed by atoms with Gasteiger partial charge in [-0.3, -0.25) is 19.7 Å². The first-order valence-electron chi connectivity index (χ1n) is 7.75. The van der Waals surface area contributed by atoms with E-state index in [2.05, 4.69) is 5.32 Å². The Bertz CT molecular complexity index is 774. The summed E-state index contributed by atoms with van der Waals surface area (Å²) in [6.45, 7) is 4.35. The van der Waals surface area contributed by atoms with Crippen LogP contribution in [0.1, 0.15) is 27.7 Å². The zero-order chi connectivity index (χ0) is 18.4. The first-order chi connectivity index (χ1) is 11.9. The van der Waals surface area contributed by atoms with Crippen molar-refractivity contribution in [2.24, 2.45) is 0 Å². The minimum absolute atomic E-state index is 0.119. The largest absolute Gasteiger partial charge is 0.343 e. The normalized spacial score (nSPS) is 10.3. The highest BCUT2D eigenvalue weighted by molar-refractivity contribution is 7.09. The second kappa shape index (κ2) is 8.39. The zero-order valence-corrected chi connectivity index (χ0v) is 14.8. The van der Waals surface area contributed by atoms with Crippen LogP contribution in [0.4, 0.5) is 5.69 Å². The average molecular weight is 361 g/mol. The number of likely N-dealkylation sites (N-methyl/N-ethyl adjacent to an activating group) is 1. The third-order valence-electron chi connectivity index (χ3n) is 3.73. The molecule has 2 rings (SSSR count). The van der Waals surface area contributed by atoms with Crippen molar-refractivity contribution in [2.45, 2.75) is 20.4 Å². The van der Waals surface area contributed by atoms with Crippen LogP contribution >= 0.6 is 11.3 Å². The third kappa shape index (κ3) is 4.87. The highest BCUT2D eigenvalue weighted by Crippen LogP contribution is 2.19. The van der Waals surface area contributed by atoms with Gasteiger partial charge in [0.2, 0.25) is 5.91 Å². The monoisotopic (exact) mass is 361 g/mol. The van der Waals surface area contributed by atoms with E-state index in [1.54, 1.807) is 23.2 Å². The molecule has 0 saturated carbocycles. The summed E-state index contributed by atoms with van der Waals surface area (Å²) in [6, 6.07) is 8.11. The highest BCUT2D eigenvalue weighted by atomic mass is 32.1. The lowest BCUT2D eigenvalue weighted by atomic mass is 10.1. The van der Waals surface area contributed by atoms with Crippen LogP contribution < -0.4 is 5.32 Å². The maximum Gasteiger partial charge on any atom is 0.273 e. The fourth-order valence-corrected chi connectivity index (χ4v) is 3.00. The quantitative estimate of drug-likeness (QED) is 0.606. The number of amides is 2. The van der Waals surface area contributed by atoms with Crippen LogP contribution in [0.3, 0.4) is 0 Å². The molecule has 25 heavy (non-hydrogen) atoms. The first-order valence-corrected chi connectivity index (χ1v) is 8.63. The Labute approximate surface area is 149 Å². The van der Waals surface area contributed by atoms with Crippen LogP contribution in [0.25, 0.3) is 0 Å². The number of nitro groups is 1. The molecule has 8 heteroatoms. The van der Waals surface area contributed by atoms with E-state index in [0.717, 1.165) is 4.88 Å². The van der Waals surface area contributed by atoms with Crippen molar-refractivity contribution in [1.82, 2.24) is 10.2 Å². The van der Waals surface area contributed by atoms with Gasteiger partial charge in [0, 0.05) is 28.6 Å². The Morgan fingerprint density at radius 1 is 1.32 bits per heavy atom. The number of carbonyl (C=O) groups excluding carboxylic acids is 2. The molecule has 0 unspecified atom stereocenters. The maximum atomic E-state index is 12.3. The van der Waals surface area contributed by atoms with Crippen LogP contribution in [-0.4, -0.2) is 34.7 Å². The lowest BCUT2D eigenvalue weighted by Gasteiger charge is -2.20. The number of hydrogen-bond donors (Lipinski definition) is 1. The second-order valence-electron chi connectivity index (χ2n) is 5.43. The van der Waals surface area contributed by atoms with Crippen molar-refractivity contribution in [3.63, 3.8) is 0 Å². The molecule has 0 aliphatic carbocycles. The molecule has 1 N–H and O–H groups in total. The van der Waals surface area contributed by atoms with Gasteiger partial charge in [-0.1, -0.05) is 12.1 Å². The zero-order valence-electron chi connectivity index (χ0n) is 14.0. The summed E-state index contributed by atoms with van der Waals surface area (Å²) >= 11 is 1.57. The number of nitrogens with zero attached hydrogens (tertiary/aromatic N) is 2. The topological polar surface area (TPSA) is 92.6 Å². The molecular formula is C17H19N3O4S. The number of nitro benzene ring substituents is 1. The van der Waals surface area contributed by atoms with Gasteiger partial charge in [-0.2, -0.15) is 0 Å². The minimum Gasteiger partial charge on any atom is -0.343 e. The van der Waals surface area contributed by atoms with Crippen LogP contribution in [0, 0.1) is 17.0 Å². The van der Waals surface area contributed by atoms with E-state index in [-0.39, 0.29) is 23.7 Å². The fraction of sp³-hybridized carbons (Fsp3) is 0.294. The third-order valence-corrected chi connectivity index (χ3v) is 4.59. The molecule has 0 aliphatic heterocycles. The van der Waals surface area contributed by atoms with Crippen molar-refractivity contribution in [2.75, 3.05) is 13.1 Å². The predicted molar refractivity (Wildman–Crippen MR) is 95.6 cm³/mol. The molecule has 2 amide bonds. The molecule has 0 saturated heterocycles. The molecule has 1 heterocycles. The van der Waals surface area contributed by atoms with Crippen molar-refractivity contribution in [3.8, 4) is 0 Å². The van der Waals surface area contributed by atoms with Crippen LogP contribution in [0.2, 0.25) is 0 Å². The van der Waals surface area contributed by atoms with E-state index in [1.165, 1.54) is 18.2 Å². The van der Waals surface area contributed by atoms with Crippen molar-refractivity contribution >= 4 is 28.8 Å². The molecule has 0 fully saturated rings. The maximum absolute atomic E-state index is 12.3. The lowest BCUT2D eigenvalue weighted by Crippen LogP contribution is -2.39. The smallest absolute Gasteiger partial charge is 0.273 e. The molecule has 1 aromatic carbocycles. The summed E-state index contributed by atoms with van der Waals surface area (Å²) in [4.78, 5) is 37.6. The van der Waals surface area contributed by atoms with Crippen LogP contribution in [0.15, 0.2) is 35.7 Å². The van der Waals surface area contributed by atoms with Crippen molar-refractivity contribution < 1.29 is 14.5 Å². The predicted octanol–water partition coefficient (Wildman–Crippen LogP) is 2.74. The Kier molecular flexibility index (Phi) is 6.24. The van der Waals surface area contributed by atoms with Gasteiger partial charge in [0.25, 0.3) is 11.6 Å². The minimum atomic E-state index is -0.531. The number of rotatable bonds is 7. The number of hydrogen-bond acceptors (Lipinski definition) is 5. The average Bonchev–Trinajstić information content (AvgIpc) is 3.10. The van der Waals surface area contributed by atoms with Gasteiger partial charge in [0.05, 0.1) is 18.0 Å². The molecule has 7 nitrogen and oxygen atoms in total. The van der Waals surface area contributed by atoms with Gasteiger partial charge >= 0.3 is 0 Å². The molecule has 0 spiro atoms. The molecule has 0 atom stereocenters. The van der Waals surface area contributed by atoms with E-state index in [1.807, 2.05) is 24.4 Å².